The molecule has 1 aromatic rings. The molecule has 0 N–H and O–H groups in total. The van der Waals surface area contributed by atoms with E-state index in [0.29, 0.717) is 12.0 Å². The van der Waals surface area contributed by atoms with Gasteiger partial charge in [-0.25, -0.2) is 0 Å². The molecule has 1 heterocycles. The van der Waals surface area contributed by atoms with Crippen molar-refractivity contribution in [1.29, 1.82) is 0 Å². The molecule has 2 atom stereocenters. The number of unbranched alkanes of at least 4 members (excludes halogenated alkanes) is 1. The third-order valence-corrected chi connectivity index (χ3v) is 4.25. The zero-order valence-electron chi connectivity index (χ0n) is 12.5. The summed E-state index contributed by atoms with van der Waals surface area (Å²) in [7, 11) is 0. The molecule has 0 saturated carbocycles. The van der Waals surface area contributed by atoms with Gasteiger partial charge in [0.15, 0.2) is 0 Å². The van der Waals surface area contributed by atoms with Crippen molar-refractivity contribution in [3.05, 3.63) is 35.4 Å². The van der Waals surface area contributed by atoms with Crippen LogP contribution in [0.1, 0.15) is 69.4 Å². The molecular formula is C18H28O. The lowest BCUT2D eigenvalue weighted by Crippen LogP contribution is -2.24. The molecule has 2 rings (SSSR count). The van der Waals surface area contributed by atoms with Gasteiger partial charge in [-0.1, -0.05) is 51.0 Å². The van der Waals surface area contributed by atoms with E-state index in [-0.39, 0.29) is 0 Å². The predicted molar refractivity (Wildman–Crippen MR) is 81.7 cm³/mol. The number of benzene rings is 1. The molecule has 1 saturated heterocycles. The van der Waals surface area contributed by atoms with Gasteiger partial charge in [0.2, 0.25) is 0 Å². The number of rotatable bonds is 6. The van der Waals surface area contributed by atoms with Crippen molar-refractivity contribution in [3.8, 4) is 0 Å². The molecule has 1 aliphatic rings. The Hall–Kier alpha value is -0.820. The summed E-state index contributed by atoms with van der Waals surface area (Å²) in [4.78, 5) is 0. The highest BCUT2D eigenvalue weighted by atomic mass is 16.5. The Bertz CT molecular complexity index is 346. The summed E-state index contributed by atoms with van der Waals surface area (Å²) >= 11 is 0. The highest BCUT2D eigenvalue weighted by Crippen LogP contribution is 2.29. The van der Waals surface area contributed by atoms with E-state index in [1.54, 1.807) is 0 Å². The minimum atomic E-state index is 0.519. The normalized spacial score (nSPS) is 23.5. The maximum Gasteiger partial charge on any atom is 0.0575 e. The molecule has 0 radical (unpaired) electrons. The number of ether oxygens (including phenoxy) is 1. The third-order valence-electron chi connectivity index (χ3n) is 4.25. The highest BCUT2D eigenvalue weighted by molar-refractivity contribution is 5.26. The molecule has 0 spiro atoms. The third kappa shape index (κ3) is 4.35. The average Bonchev–Trinajstić information content (AvgIpc) is 2.47. The second-order valence-corrected chi connectivity index (χ2v) is 5.86. The zero-order chi connectivity index (χ0) is 13.5. The Morgan fingerprint density at radius 2 is 1.84 bits per heavy atom. The van der Waals surface area contributed by atoms with Crippen molar-refractivity contribution in [2.45, 2.75) is 70.8 Å². The van der Waals surface area contributed by atoms with Gasteiger partial charge in [0, 0.05) is 5.92 Å². The second kappa shape index (κ2) is 7.69. The molecule has 19 heavy (non-hydrogen) atoms. The largest absolute Gasteiger partial charge is 0.378 e. The maximum absolute atomic E-state index is 5.98. The van der Waals surface area contributed by atoms with Crippen LogP contribution in [0.4, 0.5) is 0 Å². The molecule has 0 bridgehead atoms. The average molecular weight is 260 g/mol. The number of aryl methyl sites for hydroxylation is 1. The van der Waals surface area contributed by atoms with Crippen molar-refractivity contribution < 1.29 is 4.74 Å². The van der Waals surface area contributed by atoms with Gasteiger partial charge >= 0.3 is 0 Å². The van der Waals surface area contributed by atoms with E-state index in [1.807, 2.05) is 0 Å². The number of hydrogen-bond acceptors (Lipinski definition) is 1. The van der Waals surface area contributed by atoms with Crippen LogP contribution in [0.3, 0.4) is 0 Å². The quantitative estimate of drug-likeness (QED) is 0.692. The summed E-state index contributed by atoms with van der Waals surface area (Å²) in [5.41, 5.74) is 2.95. The van der Waals surface area contributed by atoms with Gasteiger partial charge in [-0.2, -0.15) is 0 Å². The molecular weight excluding hydrogens is 232 g/mol. The highest BCUT2D eigenvalue weighted by Gasteiger charge is 2.22. The van der Waals surface area contributed by atoms with Crippen LogP contribution >= 0.6 is 0 Å². The first-order valence-corrected chi connectivity index (χ1v) is 8.04. The minimum Gasteiger partial charge on any atom is -0.378 e. The zero-order valence-corrected chi connectivity index (χ0v) is 12.5. The van der Waals surface area contributed by atoms with E-state index in [1.165, 1.54) is 56.1 Å². The molecule has 0 aromatic heterocycles. The fourth-order valence-electron chi connectivity index (χ4n) is 2.96. The van der Waals surface area contributed by atoms with Crippen LogP contribution in [0.15, 0.2) is 24.3 Å². The molecule has 106 valence electrons. The minimum absolute atomic E-state index is 0.519. The summed E-state index contributed by atoms with van der Waals surface area (Å²) in [6.45, 7) is 5.41. The van der Waals surface area contributed by atoms with Gasteiger partial charge < -0.3 is 4.74 Å². The van der Waals surface area contributed by atoms with E-state index >= 15 is 0 Å². The van der Waals surface area contributed by atoms with Crippen LogP contribution in [-0.4, -0.2) is 12.7 Å². The van der Waals surface area contributed by atoms with Gasteiger partial charge in [0.05, 0.1) is 12.7 Å². The molecule has 1 nitrogen and oxygen atoms in total. The Kier molecular flexibility index (Phi) is 5.91. The van der Waals surface area contributed by atoms with Gasteiger partial charge in [-0.15, -0.1) is 0 Å². The van der Waals surface area contributed by atoms with E-state index in [9.17, 15) is 0 Å². The summed E-state index contributed by atoms with van der Waals surface area (Å²) in [5, 5.41) is 0. The van der Waals surface area contributed by atoms with Gasteiger partial charge in [0.25, 0.3) is 0 Å². The summed E-state index contributed by atoms with van der Waals surface area (Å²) in [6.07, 6.45) is 9.29. The topological polar surface area (TPSA) is 9.23 Å². The second-order valence-electron chi connectivity index (χ2n) is 5.86. The fraction of sp³-hybridized carbons (Fsp3) is 0.667. The molecule has 1 aromatic carbocycles. The first-order chi connectivity index (χ1) is 9.33. The SMILES string of the molecule is CCCCc1ccc(C2CCC(CCC)OC2)cc1. The monoisotopic (exact) mass is 260 g/mol. The lowest BCUT2D eigenvalue weighted by Gasteiger charge is -2.29. The van der Waals surface area contributed by atoms with Crippen molar-refractivity contribution in [2.75, 3.05) is 6.61 Å². The van der Waals surface area contributed by atoms with Crippen LogP contribution in [-0.2, 0) is 11.2 Å². The standard InChI is InChI=1S/C18H28O/c1-3-5-7-15-8-10-16(11-9-15)17-12-13-18(6-4-2)19-14-17/h8-11,17-18H,3-7,12-14H2,1-2H3. The summed E-state index contributed by atoms with van der Waals surface area (Å²) < 4.78 is 5.98. The van der Waals surface area contributed by atoms with E-state index < -0.39 is 0 Å². The molecule has 0 amide bonds. The Balaban J connectivity index is 1.85. The van der Waals surface area contributed by atoms with E-state index in [0.717, 1.165) is 6.61 Å². The first-order valence-electron chi connectivity index (χ1n) is 8.04. The number of hydrogen-bond donors (Lipinski definition) is 0. The van der Waals surface area contributed by atoms with E-state index in [2.05, 4.69) is 38.1 Å². The van der Waals surface area contributed by atoms with Crippen LogP contribution in [0, 0.1) is 0 Å². The lowest BCUT2D eigenvalue weighted by atomic mass is 9.89. The van der Waals surface area contributed by atoms with Crippen molar-refractivity contribution in [2.24, 2.45) is 0 Å². The molecule has 1 heteroatoms. The first kappa shape index (κ1) is 14.6. The maximum atomic E-state index is 5.98. The Labute approximate surface area is 118 Å². The van der Waals surface area contributed by atoms with E-state index in [4.69, 9.17) is 4.74 Å². The molecule has 0 aliphatic carbocycles. The Morgan fingerprint density at radius 1 is 1.05 bits per heavy atom. The van der Waals surface area contributed by atoms with Crippen LogP contribution in [0.5, 0.6) is 0 Å². The van der Waals surface area contributed by atoms with Crippen molar-refractivity contribution >= 4 is 0 Å². The van der Waals surface area contributed by atoms with Crippen LogP contribution in [0.2, 0.25) is 0 Å². The fourth-order valence-corrected chi connectivity index (χ4v) is 2.96. The molecule has 2 unspecified atom stereocenters. The van der Waals surface area contributed by atoms with Gasteiger partial charge in [-0.3, -0.25) is 0 Å². The van der Waals surface area contributed by atoms with Crippen molar-refractivity contribution in [1.82, 2.24) is 0 Å². The van der Waals surface area contributed by atoms with Gasteiger partial charge in [0.1, 0.15) is 0 Å². The van der Waals surface area contributed by atoms with Crippen LogP contribution < -0.4 is 0 Å². The van der Waals surface area contributed by atoms with Gasteiger partial charge in [-0.05, 0) is 43.2 Å². The van der Waals surface area contributed by atoms with Crippen molar-refractivity contribution in [3.63, 3.8) is 0 Å². The van der Waals surface area contributed by atoms with Crippen LogP contribution in [0.25, 0.3) is 0 Å². The molecule has 1 fully saturated rings. The predicted octanol–water partition coefficient (Wildman–Crippen LogP) is 5.09. The smallest absolute Gasteiger partial charge is 0.0575 e. The molecule has 1 aliphatic heterocycles. The Morgan fingerprint density at radius 3 is 2.42 bits per heavy atom. The summed E-state index contributed by atoms with van der Waals surface area (Å²) in [5.74, 6) is 0.619. The lowest BCUT2D eigenvalue weighted by molar-refractivity contribution is -0.00111. The summed E-state index contributed by atoms with van der Waals surface area (Å²) in [6, 6.07) is 9.25.